The van der Waals surface area contributed by atoms with Crippen molar-refractivity contribution in [2.75, 3.05) is 19.0 Å². The number of benzene rings is 1. The van der Waals surface area contributed by atoms with Gasteiger partial charge in [0.05, 0.1) is 17.9 Å². The number of aromatic hydroxyl groups is 1. The molecule has 1 fully saturated rings. The van der Waals surface area contributed by atoms with Crippen LogP contribution in [-0.2, 0) is 7.05 Å². The number of rotatable bonds is 5. The van der Waals surface area contributed by atoms with E-state index in [0.29, 0.717) is 29.5 Å². The minimum atomic E-state index is -0.895. The molecule has 1 aliphatic rings. The Balaban J connectivity index is 1.53. The zero-order valence-electron chi connectivity index (χ0n) is 18.2. The van der Waals surface area contributed by atoms with Gasteiger partial charge < -0.3 is 15.3 Å². The van der Waals surface area contributed by atoms with Crippen LogP contribution in [0.4, 0.5) is 10.2 Å². The van der Waals surface area contributed by atoms with Crippen molar-refractivity contribution in [3.05, 3.63) is 42.7 Å². The summed E-state index contributed by atoms with van der Waals surface area (Å²) in [5, 5.41) is 26.7. The van der Waals surface area contributed by atoms with E-state index < -0.39 is 6.17 Å². The Morgan fingerprint density at radius 2 is 2.00 bits per heavy atom. The van der Waals surface area contributed by atoms with E-state index in [0.717, 1.165) is 30.4 Å². The van der Waals surface area contributed by atoms with Crippen molar-refractivity contribution in [2.45, 2.75) is 43.9 Å². The van der Waals surface area contributed by atoms with Crippen molar-refractivity contribution in [2.24, 2.45) is 7.05 Å². The molecule has 0 amide bonds. The van der Waals surface area contributed by atoms with Gasteiger partial charge in [-0.25, -0.2) is 4.39 Å². The maximum atomic E-state index is 14.8. The number of aryl methyl sites for hydroxylation is 1. The molecule has 1 aliphatic carbocycles. The van der Waals surface area contributed by atoms with Gasteiger partial charge in [0.2, 0.25) is 0 Å². The molecule has 3 aromatic rings. The summed E-state index contributed by atoms with van der Waals surface area (Å²) in [6.45, 7) is 0. The molecule has 1 aromatic carbocycles. The molecule has 0 saturated heterocycles. The molecule has 7 nitrogen and oxygen atoms in total. The van der Waals surface area contributed by atoms with Gasteiger partial charge in [-0.2, -0.15) is 5.10 Å². The van der Waals surface area contributed by atoms with Crippen LogP contribution in [0.25, 0.3) is 22.4 Å². The van der Waals surface area contributed by atoms with Crippen molar-refractivity contribution in [3.8, 4) is 28.1 Å². The molecule has 4 rings (SSSR count). The first kappa shape index (κ1) is 21.2. The Hall–Kier alpha value is -3.00. The Morgan fingerprint density at radius 3 is 2.65 bits per heavy atom. The second kappa shape index (κ2) is 9.01. The lowest BCUT2D eigenvalue weighted by Gasteiger charge is -2.31. The van der Waals surface area contributed by atoms with Crippen LogP contribution in [0, 0.1) is 0 Å². The number of phenols is 1. The van der Waals surface area contributed by atoms with Gasteiger partial charge in [0.1, 0.15) is 11.9 Å². The van der Waals surface area contributed by atoms with E-state index in [1.807, 2.05) is 56.5 Å². The molecule has 0 spiro atoms. The number of hydrogen-bond acceptors (Lipinski definition) is 6. The molecule has 8 heteroatoms. The summed E-state index contributed by atoms with van der Waals surface area (Å²) in [7, 11) is 5.66. The predicted octanol–water partition coefficient (Wildman–Crippen LogP) is 3.55. The fourth-order valence-electron chi connectivity index (χ4n) is 4.30. The summed E-state index contributed by atoms with van der Waals surface area (Å²) >= 11 is 0. The van der Waals surface area contributed by atoms with E-state index in [4.69, 9.17) is 0 Å². The average Bonchev–Trinajstić information content (AvgIpc) is 3.12. The number of alkyl halides is 1. The van der Waals surface area contributed by atoms with Crippen LogP contribution >= 0.6 is 0 Å². The smallest absolute Gasteiger partial charge is 0.151 e. The van der Waals surface area contributed by atoms with Gasteiger partial charge in [0.25, 0.3) is 0 Å². The molecule has 2 N–H and O–H groups in total. The number of phenolic OH excluding ortho intramolecular Hbond substituents is 1. The second-order valence-electron chi connectivity index (χ2n) is 8.26. The number of anilines is 1. The normalized spacial score (nSPS) is 21.6. The summed E-state index contributed by atoms with van der Waals surface area (Å²) in [4.78, 5) is 1.89. The summed E-state index contributed by atoms with van der Waals surface area (Å²) in [6.07, 6.45) is 5.92. The lowest BCUT2D eigenvalue weighted by Crippen LogP contribution is -2.43. The maximum Gasteiger partial charge on any atom is 0.151 e. The highest BCUT2D eigenvalue weighted by Crippen LogP contribution is 2.33. The number of hydrogen-bond donors (Lipinski definition) is 2. The van der Waals surface area contributed by atoms with E-state index in [1.54, 1.807) is 16.9 Å². The molecular formula is C23H29FN6O. The number of nitrogens with one attached hydrogen (secondary N) is 1. The van der Waals surface area contributed by atoms with E-state index >= 15 is 0 Å². The number of halogens is 1. The third kappa shape index (κ3) is 4.54. The standard InChI is InChI=1S/C23H29FN6O/c1-25-17-5-4-6-19(24)21(12-17)30(3)23-10-9-20(27-28-23)18-8-7-15(11-22(18)31)16-13-26-29(2)14-16/h7-11,13-14,17,19,21,25,31H,4-6,12H2,1-3H3/t17-,19+,21-/m0/s1. The van der Waals surface area contributed by atoms with Gasteiger partial charge >= 0.3 is 0 Å². The van der Waals surface area contributed by atoms with Gasteiger partial charge in [0, 0.05) is 37.5 Å². The largest absolute Gasteiger partial charge is 0.507 e. The maximum absolute atomic E-state index is 14.8. The van der Waals surface area contributed by atoms with Crippen molar-refractivity contribution in [1.29, 1.82) is 0 Å². The minimum Gasteiger partial charge on any atom is -0.507 e. The van der Waals surface area contributed by atoms with Gasteiger partial charge in [-0.3, -0.25) is 4.68 Å². The van der Waals surface area contributed by atoms with Crippen LogP contribution in [0.3, 0.4) is 0 Å². The van der Waals surface area contributed by atoms with E-state index in [1.165, 1.54) is 0 Å². The topological polar surface area (TPSA) is 79.1 Å². The van der Waals surface area contributed by atoms with E-state index in [9.17, 15) is 9.50 Å². The first-order chi connectivity index (χ1) is 15.0. The fraction of sp³-hybridized carbons (Fsp3) is 0.435. The van der Waals surface area contributed by atoms with Crippen LogP contribution < -0.4 is 10.2 Å². The van der Waals surface area contributed by atoms with Crippen LogP contribution in [0.5, 0.6) is 5.75 Å². The summed E-state index contributed by atoms with van der Waals surface area (Å²) in [5.41, 5.74) is 2.97. The zero-order chi connectivity index (χ0) is 22.0. The number of aromatic nitrogens is 4. The highest BCUT2D eigenvalue weighted by atomic mass is 19.1. The summed E-state index contributed by atoms with van der Waals surface area (Å²) < 4.78 is 16.5. The molecule has 1 saturated carbocycles. The van der Waals surface area contributed by atoms with Crippen molar-refractivity contribution < 1.29 is 9.50 Å². The SMILES string of the molecule is CN[C@H]1CCC[C@@H](F)[C@@H](N(C)c2ccc(-c3ccc(-c4cnn(C)c4)cc3O)nn2)C1. The molecule has 3 atom stereocenters. The van der Waals surface area contributed by atoms with Gasteiger partial charge in [-0.15, -0.1) is 10.2 Å². The Bertz CT molecular complexity index is 1020. The van der Waals surface area contributed by atoms with E-state index in [-0.39, 0.29) is 11.8 Å². The summed E-state index contributed by atoms with van der Waals surface area (Å²) in [5.74, 6) is 0.751. The quantitative estimate of drug-likeness (QED) is 0.610. The lowest BCUT2D eigenvalue weighted by atomic mass is 10.0. The van der Waals surface area contributed by atoms with Crippen molar-refractivity contribution >= 4 is 5.82 Å². The van der Waals surface area contributed by atoms with Gasteiger partial charge in [0.15, 0.2) is 5.82 Å². The van der Waals surface area contributed by atoms with Crippen LogP contribution in [0.15, 0.2) is 42.7 Å². The first-order valence-corrected chi connectivity index (χ1v) is 10.7. The molecule has 0 aliphatic heterocycles. The fourth-order valence-corrected chi connectivity index (χ4v) is 4.30. The minimum absolute atomic E-state index is 0.126. The molecule has 0 radical (unpaired) electrons. The van der Waals surface area contributed by atoms with Gasteiger partial charge in [-0.05, 0) is 62.6 Å². The molecular weight excluding hydrogens is 395 g/mol. The predicted molar refractivity (Wildman–Crippen MR) is 120 cm³/mol. The third-order valence-electron chi connectivity index (χ3n) is 6.21. The molecule has 2 aromatic heterocycles. The van der Waals surface area contributed by atoms with Crippen molar-refractivity contribution in [3.63, 3.8) is 0 Å². The molecule has 0 bridgehead atoms. The van der Waals surface area contributed by atoms with Gasteiger partial charge in [-0.1, -0.05) is 6.07 Å². The third-order valence-corrected chi connectivity index (χ3v) is 6.21. The Labute approximate surface area is 181 Å². The van der Waals surface area contributed by atoms with E-state index in [2.05, 4.69) is 20.6 Å². The average molecular weight is 425 g/mol. The monoisotopic (exact) mass is 424 g/mol. The second-order valence-corrected chi connectivity index (χ2v) is 8.26. The molecule has 31 heavy (non-hydrogen) atoms. The lowest BCUT2D eigenvalue weighted by molar-refractivity contribution is 0.257. The molecule has 0 unspecified atom stereocenters. The Kier molecular flexibility index (Phi) is 6.18. The zero-order valence-corrected chi connectivity index (χ0v) is 18.2. The molecule has 164 valence electrons. The first-order valence-electron chi connectivity index (χ1n) is 10.7. The van der Waals surface area contributed by atoms with Crippen LogP contribution in [-0.4, -0.2) is 57.4 Å². The van der Waals surface area contributed by atoms with Crippen LogP contribution in [0.2, 0.25) is 0 Å². The highest BCUT2D eigenvalue weighted by Gasteiger charge is 2.31. The highest BCUT2D eigenvalue weighted by molar-refractivity contribution is 5.73. The van der Waals surface area contributed by atoms with Crippen molar-refractivity contribution in [1.82, 2.24) is 25.3 Å². The van der Waals surface area contributed by atoms with Crippen LogP contribution in [0.1, 0.15) is 25.7 Å². The number of nitrogens with zero attached hydrogens (tertiary/aromatic N) is 5. The molecule has 2 heterocycles. The Morgan fingerprint density at radius 1 is 1.16 bits per heavy atom. The summed E-state index contributed by atoms with van der Waals surface area (Å²) in [6, 6.07) is 9.16.